The smallest absolute Gasteiger partial charge is 0.246 e. The first-order valence-corrected chi connectivity index (χ1v) is 9.13. The first-order chi connectivity index (χ1) is 10.2. The van der Waals surface area contributed by atoms with Crippen LogP contribution in [0, 0.1) is 5.92 Å². The lowest BCUT2D eigenvalue weighted by molar-refractivity contribution is -0.142. The van der Waals surface area contributed by atoms with Gasteiger partial charge in [0.25, 0.3) is 0 Å². The van der Waals surface area contributed by atoms with Crippen LogP contribution in [0.4, 0.5) is 0 Å². The summed E-state index contributed by atoms with van der Waals surface area (Å²) in [6.07, 6.45) is 3.57. The third kappa shape index (κ3) is 4.13. The molecule has 2 unspecified atom stereocenters. The van der Waals surface area contributed by atoms with Gasteiger partial charge in [0, 0.05) is 25.3 Å². The Morgan fingerprint density at radius 3 is 2.90 bits per heavy atom. The number of carbonyl (C=O) groups is 2. The maximum atomic E-state index is 12.7. The molecule has 0 spiro atoms. The van der Waals surface area contributed by atoms with E-state index in [0.717, 1.165) is 44.6 Å². The van der Waals surface area contributed by atoms with E-state index in [2.05, 4.69) is 12.2 Å². The molecule has 0 aliphatic carbocycles. The van der Waals surface area contributed by atoms with Crippen LogP contribution in [0.2, 0.25) is 0 Å². The first kappa shape index (κ1) is 16.6. The fourth-order valence-electron chi connectivity index (χ4n) is 3.06. The van der Waals surface area contributed by atoms with Gasteiger partial charge in [-0.1, -0.05) is 13.3 Å². The summed E-state index contributed by atoms with van der Waals surface area (Å²) >= 11 is 1.70. The minimum Gasteiger partial charge on any atom is -0.341 e. The summed E-state index contributed by atoms with van der Waals surface area (Å²) in [6.45, 7) is 4.71. The fourth-order valence-corrected chi connectivity index (χ4v) is 4.24. The van der Waals surface area contributed by atoms with E-state index in [-0.39, 0.29) is 17.9 Å². The second-order valence-electron chi connectivity index (χ2n) is 5.98. The van der Waals surface area contributed by atoms with Crippen molar-refractivity contribution in [2.75, 3.05) is 38.3 Å². The monoisotopic (exact) mass is 313 g/mol. The maximum absolute atomic E-state index is 12.7. The van der Waals surface area contributed by atoms with Crippen molar-refractivity contribution >= 4 is 23.6 Å². The molecule has 1 N–H and O–H groups in total. The molecule has 0 radical (unpaired) electrons. The summed E-state index contributed by atoms with van der Waals surface area (Å²) in [5, 5.41) is 3.18. The second-order valence-corrected chi connectivity index (χ2v) is 6.98. The van der Waals surface area contributed by atoms with Gasteiger partial charge in [-0.05, 0) is 32.4 Å². The van der Waals surface area contributed by atoms with E-state index in [1.807, 2.05) is 11.9 Å². The number of carbonyl (C=O) groups excluding carboxylic acids is 2. The van der Waals surface area contributed by atoms with Crippen LogP contribution in [0.25, 0.3) is 0 Å². The topological polar surface area (TPSA) is 52.7 Å². The molecular weight excluding hydrogens is 286 g/mol. The van der Waals surface area contributed by atoms with E-state index in [9.17, 15) is 9.59 Å². The standard InChI is InChI=1S/C15H27N3O2S/c1-3-4-5-14(19)18-11-21-10-13(18)15(20)17-7-6-12(9-17)8-16-2/h12-13,16H,3-11H2,1-2H3. The molecule has 2 rings (SSSR count). The number of thioether (sulfide) groups is 1. The molecule has 0 aromatic carbocycles. The van der Waals surface area contributed by atoms with Crippen LogP contribution in [0.5, 0.6) is 0 Å². The number of hydrogen-bond donors (Lipinski definition) is 1. The molecule has 2 aliphatic heterocycles. The molecule has 0 bridgehead atoms. The van der Waals surface area contributed by atoms with Gasteiger partial charge in [0.15, 0.2) is 0 Å². The van der Waals surface area contributed by atoms with Gasteiger partial charge in [-0.2, -0.15) is 0 Å². The zero-order valence-corrected chi connectivity index (χ0v) is 14.0. The average Bonchev–Trinajstić information content (AvgIpc) is 3.13. The van der Waals surface area contributed by atoms with Crippen LogP contribution in [-0.4, -0.2) is 66.0 Å². The van der Waals surface area contributed by atoms with E-state index < -0.39 is 0 Å². The molecule has 5 nitrogen and oxygen atoms in total. The molecule has 2 amide bonds. The number of nitrogens with one attached hydrogen (secondary N) is 1. The van der Waals surface area contributed by atoms with Gasteiger partial charge < -0.3 is 15.1 Å². The molecule has 2 fully saturated rings. The number of hydrogen-bond acceptors (Lipinski definition) is 4. The Labute approximate surface area is 131 Å². The zero-order valence-electron chi connectivity index (χ0n) is 13.1. The predicted octanol–water partition coefficient (Wildman–Crippen LogP) is 1.15. The van der Waals surface area contributed by atoms with Gasteiger partial charge in [0.05, 0.1) is 5.88 Å². The van der Waals surface area contributed by atoms with Crippen LogP contribution < -0.4 is 5.32 Å². The Balaban J connectivity index is 1.90. The fraction of sp³-hybridized carbons (Fsp3) is 0.867. The minimum absolute atomic E-state index is 0.145. The summed E-state index contributed by atoms with van der Waals surface area (Å²) in [5.41, 5.74) is 0. The Morgan fingerprint density at radius 1 is 1.38 bits per heavy atom. The predicted molar refractivity (Wildman–Crippen MR) is 86.1 cm³/mol. The molecule has 6 heteroatoms. The van der Waals surface area contributed by atoms with E-state index in [4.69, 9.17) is 0 Å². The van der Waals surface area contributed by atoms with Gasteiger partial charge in [0.1, 0.15) is 6.04 Å². The Hall–Kier alpha value is -0.750. The molecule has 2 aliphatic rings. The molecule has 2 heterocycles. The third-order valence-electron chi connectivity index (χ3n) is 4.32. The van der Waals surface area contributed by atoms with Crippen molar-refractivity contribution in [3.05, 3.63) is 0 Å². The molecule has 2 atom stereocenters. The van der Waals surface area contributed by atoms with Crippen molar-refractivity contribution in [3.8, 4) is 0 Å². The van der Waals surface area contributed by atoms with Gasteiger partial charge in [-0.25, -0.2) is 0 Å². The van der Waals surface area contributed by atoms with E-state index in [0.29, 0.717) is 18.2 Å². The second kappa shape index (κ2) is 8.03. The lowest BCUT2D eigenvalue weighted by atomic mass is 10.1. The lowest BCUT2D eigenvalue weighted by Gasteiger charge is -2.27. The number of nitrogens with zero attached hydrogens (tertiary/aromatic N) is 2. The maximum Gasteiger partial charge on any atom is 0.246 e. The Kier molecular flexibility index (Phi) is 6.36. The Morgan fingerprint density at radius 2 is 2.19 bits per heavy atom. The highest BCUT2D eigenvalue weighted by molar-refractivity contribution is 7.99. The minimum atomic E-state index is -0.229. The third-order valence-corrected chi connectivity index (χ3v) is 5.33. The summed E-state index contributed by atoms with van der Waals surface area (Å²) < 4.78 is 0. The Bertz CT molecular complexity index is 378. The zero-order chi connectivity index (χ0) is 15.2. The molecule has 120 valence electrons. The van der Waals surface area contributed by atoms with E-state index in [1.54, 1.807) is 16.7 Å². The van der Waals surface area contributed by atoms with Crippen molar-refractivity contribution in [2.45, 2.75) is 38.6 Å². The van der Waals surface area contributed by atoms with Crippen LogP contribution in [0.1, 0.15) is 32.6 Å². The summed E-state index contributed by atoms with van der Waals surface area (Å²) in [5.74, 6) is 2.28. The highest BCUT2D eigenvalue weighted by atomic mass is 32.2. The largest absolute Gasteiger partial charge is 0.341 e. The molecule has 0 aromatic rings. The number of amides is 2. The molecule has 21 heavy (non-hydrogen) atoms. The molecule has 2 saturated heterocycles. The van der Waals surface area contributed by atoms with E-state index >= 15 is 0 Å². The normalized spacial score (nSPS) is 25.6. The van der Waals surface area contributed by atoms with E-state index in [1.165, 1.54) is 0 Å². The van der Waals surface area contributed by atoms with Crippen molar-refractivity contribution in [1.29, 1.82) is 0 Å². The van der Waals surface area contributed by atoms with Gasteiger partial charge in [0.2, 0.25) is 11.8 Å². The quantitative estimate of drug-likeness (QED) is 0.799. The lowest BCUT2D eigenvalue weighted by Crippen LogP contribution is -2.48. The van der Waals surface area contributed by atoms with Crippen LogP contribution >= 0.6 is 11.8 Å². The molecular formula is C15H27N3O2S. The number of rotatable bonds is 6. The van der Waals surface area contributed by atoms with Crippen molar-refractivity contribution in [2.24, 2.45) is 5.92 Å². The van der Waals surface area contributed by atoms with Crippen LogP contribution in [0.15, 0.2) is 0 Å². The van der Waals surface area contributed by atoms with Gasteiger partial charge in [-0.15, -0.1) is 11.8 Å². The van der Waals surface area contributed by atoms with Crippen LogP contribution in [0.3, 0.4) is 0 Å². The number of likely N-dealkylation sites (tertiary alicyclic amines) is 1. The summed E-state index contributed by atoms with van der Waals surface area (Å²) in [7, 11) is 1.95. The molecule has 0 saturated carbocycles. The average molecular weight is 313 g/mol. The first-order valence-electron chi connectivity index (χ1n) is 7.98. The SMILES string of the molecule is CCCCC(=O)N1CSCC1C(=O)N1CCC(CNC)C1. The van der Waals surface area contributed by atoms with Gasteiger partial charge >= 0.3 is 0 Å². The summed E-state index contributed by atoms with van der Waals surface area (Å²) in [6, 6.07) is -0.229. The van der Waals surface area contributed by atoms with Crippen molar-refractivity contribution < 1.29 is 9.59 Å². The molecule has 0 aromatic heterocycles. The van der Waals surface area contributed by atoms with Gasteiger partial charge in [-0.3, -0.25) is 9.59 Å². The van der Waals surface area contributed by atoms with Crippen LogP contribution in [-0.2, 0) is 9.59 Å². The highest BCUT2D eigenvalue weighted by Gasteiger charge is 2.38. The van der Waals surface area contributed by atoms with Crippen molar-refractivity contribution in [1.82, 2.24) is 15.1 Å². The van der Waals surface area contributed by atoms with Crippen molar-refractivity contribution in [3.63, 3.8) is 0 Å². The number of unbranched alkanes of at least 4 members (excludes halogenated alkanes) is 1. The highest BCUT2D eigenvalue weighted by Crippen LogP contribution is 2.26. The summed E-state index contributed by atoms with van der Waals surface area (Å²) in [4.78, 5) is 28.7.